The number of carbonyl (C=O) groups is 2. The van der Waals surface area contributed by atoms with Gasteiger partial charge in [-0.1, -0.05) is 6.07 Å². The van der Waals surface area contributed by atoms with Crippen LogP contribution in [0.15, 0.2) is 18.3 Å². The van der Waals surface area contributed by atoms with Gasteiger partial charge in [-0.2, -0.15) is 0 Å². The smallest absolute Gasteiger partial charge is 0.543 e. The number of carbonyl (C=O) groups excluding carboxylic acids is 2. The van der Waals surface area contributed by atoms with Crippen molar-refractivity contribution in [3.8, 4) is 0 Å². The Morgan fingerprint density at radius 1 is 1.36 bits per heavy atom. The van der Waals surface area contributed by atoms with Gasteiger partial charge in [-0.05, 0) is 26.8 Å². The number of aliphatic hydroxyl groups is 1. The number of rotatable bonds is 2. The normalized spacial score (nSPS) is 16.3. The molecule has 8 heteroatoms. The van der Waals surface area contributed by atoms with Crippen molar-refractivity contribution in [1.29, 1.82) is 0 Å². The number of amides is 1. The van der Waals surface area contributed by atoms with E-state index < -0.39 is 23.3 Å². The van der Waals surface area contributed by atoms with Crippen LogP contribution in [0.25, 0.3) is 0 Å². The molecule has 1 amide bonds. The van der Waals surface area contributed by atoms with E-state index >= 15 is 0 Å². The third-order valence-electron chi connectivity index (χ3n) is 3.07. The second-order valence-electron chi connectivity index (χ2n) is 6.09. The molecule has 1 saturated heterocycles. The Bertz CT molecular complexity index is 562. The molecule has 0 aromatic carbocycles. The molecule has 0 saturated carbocycles. The average Bonchev–Trinajstić information content (AvgIpc) is 2.33. The number of nitrogens with zero attached hydrogens (tertiary/aromatic N) is 2. The number of carboxylic acid groups (broad SMARTS) is 1. The number of carboxylic acids is 1. The summed E-state index contributed by atoms with van der Waals surface area (Å²) in [6, 6.07) is 2.73. The van der Waals surface area contributed by atoms with Crippen LogP contribution in [0.5, 0.6) is 0 Å². The zero-order valence-electron chi connectivity index (χ0n) is 13.1. The van der Waals surface area contributed by atoms with Gasteiger partial charge < -0.3 is 24.6 Å². The predicted octanol–water partition coefficient (Wildman–Crippen LogP) is -3.11. The van der Waals surface area contributed by atoms with Crippen molar-refractivity contribution in [3.63, 3.8) is 0 Å². The Morgan fingerprint density at radius 3 is 2.36 bits per heavy atom. The first-order valence-electron chi connectivity index (χ1n) is 6.49. The van der Waals surface area contributed by atoms with Gasteiger partial charge in [0.1, 0.15) is 11.2 Å². The summed E-state index contributed by atoms with van der Waals surface area (Å²) >= 11 is 0. The van der Waals surface area contributed by atoms with E-state index in [1.807, 2.05) is 0 Å². The van der Waals surface area contributed by atoms with Gasteiger partial charge in [0.2, 0.25) is 0 Å². The Labute approximate surface area is 140 Å². The van der Waals surface area contributed by atoms with Crippen molar-refractivity contribution < 1.29 is 43.4 Å². The number of aromatic carboxylic acids is 1. The van der Waals surface area contributed by atoms with Gasteiger partial charge in [0.05, 0.1) is 24.8 Å². The zero-order chi connectivity index (χ0) is 15.8. The summed E-state index contributed by atoms with van der Waals surface area (Å²) in [5, 5.41) is 21.0. The van der Waals surface area contributed by atoms with E-state index in [9.17, 15) is 19.8 Å². The molecular weight excluding hydrogens is 283 g/mol. The van der Waals surface area contributed by atoms with Crippen LogP contribution >= 0.6 is 0 Å². The van der Waals surface area contributed by atoms with E-state index in [2.05, 4.69) is 4.98 Å². The molecule has 0 bridgehead atoms. The van der Waals surface area contributed by atoms with Crippen LogP contribution in [-0.2, 0) is 10.3 Å². The molecule has 0 aliphatic carbocycles. The minimum absolute atomic E-state index is 0. The summed E-state index contributed by atoms with van der Waals surface area (Å²) in [4.78, 5) is 27.5. The Kier molecular flexibility index (Phi) is 5.28. The van der Waals surface area contributed by atoms with Crippen LogP contribution in [-0.4, -0.2) is 45.7 Å². The third-order valence-corrected chi connectivity index (χ3v) is 3.07. The van der Waals surface area contributed by atoms with E-state index in [-0.39, 0.29) is 37.6 Å². The average molecular weight is 300 g/mol. The fourth-order valence-corrected chi connectivity index (χ4v) is 2.01. The van der Waals surface area contributed by atoms with Crippen molar-refractivity contribution in [2.75, 3.05) is 13.1 Å². The fraction of sp³-hybridized carbons (Fsp3) is 0.500. The SMILES string of the molecule is CC(C)(C)OC(=O)N1CC(O)(c2ccc(C(=O)[O-])nc2)C1.[Li+]. The van der Waals surface area contributed by atoms with Crippen LogP contribution in [0.2, 0.25) is 0 Å². The van der Waals surface area contributed by atoms with Crippen LogP contribution in [0.1, 0.15) is 36.8 Å². The van der Waals surface area contributed by atoms with Crippen molar-refractivity contribution in [3.05, 3.63) is 29.6 Å². The maximum atomic E-state index is 11.8. The summed E-state index contributed by atoms with van der Waals surface area (Å²) in [5.41, 5.74) is -1.57. The number of ether oxygens (including phenoxy) is 1. The zero-order valence-corrected chi connectivity index (χ0v) is 13.1. The number of likely N-dealkylation sites (tertiary alicyclic amines) is 1. The van der Waals surface area contributed by atoms with Gasteiger partial charge in [-0.3, -0.25) is 4.98 Å². The number of pyridine rings is 1. The van der Waals surface area contributed by atoms with E-state index in [0.717, 1.165) is 0 Å². The molecule has 114 valence electrons. The van der Waals surface area contributed by atoms with Crippen molar-refractivity contribution in [2.24, 2.45) is 0 Å². The molecule has 1 aliphatic heterocycles. The first-order chi connectivity index (χ1) is 9.61. The quantitative estimate of drug-likeness (QED) is 0.580. The predicted molar refractivity (Wildman–Crippen MR) is 70.3 cm³/mol. The molecule has 1 fully saturated rings. The molecule has 1 aliphatic rings. The second kappa shape index (κ2) is 6.29. The van der Waals surface area contributed by atoms with Crippen molar-refractivity contribution in [2.45, 2.75) is 32.0 Å². The maximum Gasteiger partial charge on any atom is 1.00 e. The van der Waals surface area contributed by atoms with E-state index in [0.29, 0.717) is 5.56 Å². The first-order valence-corrected chi connectivity index (χ1v) is 6.49. The van der Waals surface area contributed by atoms with Crippen LogP contribution < -0.4 is 24.0 Å². The van der Waals surface area contributed by atoms with Crippen LogP contribution in [0.3, 0.4) is 0 Å². The number of hydrogen-bond acceptors (Lipinski definition) is 6. The van der Waals surface area contributed by atoms with Gasteiger partial charge in [-0.25, -0.2) is 4.79 Å². The van der Waals surface area contributed by atoms with Gasteiger partial charge >= 0.3 is 25.0 Å². The maximum absolute atomic E-state index is 11.8. The van der Waals surface area contributed by atoms with Gasteiger partial charge in [0, 0.05) is 11.8 Å². The summed E-state index contributed by atoms with van der Waals surface area (Å²) in [7, 11) is 0. The standard InChI is InChI=1S/C14H18N2O5.Li/c1-13(2,3)21-12(19)16-7-14(20,8-16)9-4-5-10(11(17)18)15-6-9;/h4-6,20H,7-8H2,1-3H3,(H,17,18);/q;+1/p-1. The number of hydrogen-bond donors (Lipinski definition) is 1. The minimum atomic E-state index is -1.38. The summed E-state index contributed by atoms with van der Waals surface area (Å²) < 4.78 is 5.20. The summed E-state index contributed by atoms with van der Waals surface area (Å²) in [6.07, 6.45) is 0.781. The monoisotopic (exact) mass is 300 g/mol. The largest absolute Gasteiger partial charge is 1.00 e. The summed E-state index contributed by atoms with van der Waals surface area (Å²) in [5.74, 6) is -1.38. The minimum Gasteiger partial charge on any atom is -0.543 e. The molecule has 0 unspecified atom stereocenters. The fourth-order valence-electron chi connectivity index (χ4n) is 2.01. The molecule has 1 N–H and O–H groups in total. The number of aromatic nitrogens is 1. The van der Waals surface area contributed by atoms with E-state index in [1.54, 1.807) is 20.8 Å². The topological polar surface area (TPSA) is 103 Å². The molecule has 7 nitrogen and oxygen atoms in total. The Hall–Kier alpha value is -1.55. The second-order valence-corrected chi connectivity index (χ2v) is 6.09. The first kappa shape index (κ1) is 18.5. The molecule has 2 heterocycles. The van der Waals surface area contributed by atoms with Crippen molar-refractivity contribution >= 4 is 12.1 Å². The molecule has 2 rings (SSSR count). The molecular formula is C14H17LiN2O5. The molecule has 0 spiro atoms. The molecule has 22 heavy (non-hydrogen) atoms. The molecule has 1 aromatic rings. The Morgan fingerprint density at radius 2 is 1.95 bits per heavy atom. The molecule has 0 atom stereocenters. The van der Waals surface area contributed by atoms with Gasteiger partial charge in [0.15, 0.2) is 0 Å². The summed E-state index contributed by atoms with van der Waals surface area (Å²) in [6.45, 7) is 5.45. The van der Waals surface area contributed by atoms with Crippen molar-refractivity contribution in [1.82, 2.24) is 9.88 Å². The van der Waals surface area contributed by atoms with E-state index in [1.165, 1.54) is 23.2 Å². The third kappa shape index (κ3) is 4.00. The number of β-amino-alcohol motifs (C(OH)–C–C–N with tert-alkyl or cyclic N) is 1. The van der Waals surface area contributed by atoms with E-state index in [4.69, 9.17) is 4.74 Å². The molecule has 0 radical (unpaired) electrons. The van der Waals surface area contributed by atoms with Gasteiger partial charge in [0.25, 0.3) is 0 Å². The molecule has 1 aromatic heterocycles. The Balaban J connectivity index is 0.00000242. The van der Waals surface area contributed by atoms with Gasteiger partial charge in [-0.15, -0.1) is 0 Å². The van der Waals surface area contributed by atoms with Crippen LogP contribution in [0, 0.1) is 0 Å². The van der Waals surface area contributed by atoms with Crippen LogP contribution in [0.4, 0.5) is 4.79 Å².